The molecule has 0 amide bonds. The van der Waals surface area contributed by atoms with Gasteiger partial charge >= 0.3 is 0 Å². The number of piperazine rings is 1. The van der Waals surface area contributed by atoms with Gasteiger partial charge in [0, 0.05) is 37.6 Å². The van der Waals surface area contributed by atoms with Crippen LogP contribution in [0.1, 0.15) is 30.3 Å². The third-order valence-electron chi connectivity index (χ3n) is 4.83. The van der Waals surface area contributed by atoms with Crippen LogP contribution in [0.4, 0.5) is 5.69 Å². The van der Waals surface area contributed by atoms with Crippen LogP contribution in [0.5, 0.6) is 5.75 Å². The largest absolute Gasteiger partial charge is 0.491 e. The molecule has 1 fully saturated rings. The molecular weight excluding hydrogens is 366 g/mol. The Morgan fingerprint density at radius 3 is 2.62 bits per heavy atom. The molecule has 0 aliphatic carbocycles. The normalized spacial score (nSPS) is 14.9. The Morgan fingerprint density at radius 1 is 1.15 bits per heavy atom. The fraction of sp³-hybridized carbons (Fsp3) is 0.550. The Kier molecular flexibility index (Phi) is 8.69. The second-order valence-corrected chi connectivity index (χ2v) is 7.55. The molecule has 0 saturated carbocycles. The van der Waals surface area contributed by atoms with Gasteiger partial charge in [0.05, 0.1) is 23.5 Å². The quantitative estimate of drug-likeness (QED) is 0.618. The van der Waals surface area contributed by atoms with Gasteiger partial charge in [-0.15, -0.1) is 23.7 Å². The SMILES string of the molecule is CCCCOc1ccccc1N1CCN(CCc2scnc2C)CC1.Cl. The number of ether oxygens (including phenoxy) is 1. The van der Waals surface area contributed by atoms with Gasteiger partial charge in [-0.05, 0) is 31.9 Å². The summed E-state index contributed by atoms with van der Waals surface area (Å²) in [4.78, 5) is 10.8. The van der Waals surface area contributed by atoms with Crippen molar-refractivity contribution in [2.24, 2.45) is 0 Å². The average molecular weight is 396 g/mol. The van der Waals surface area contributed by atoms with Crippen LogP contribution in [0.2, 0.25) is 0 Å². The van der Waals surface area contributed by atoms with E-state index in [4.69, 9.17) is 4.74 Å². The van der Waals surface area contributed by atoms with Crippen LogP contribution in [0.3, 0.4) is 0 Å². The summed E-state index contributed by atoms with van der Waals surface area (Å²) in [5.41, 5.74) is 4.40. The molecule has 0 bridgehead atoms. The predicted molar refractivity (Wildman–Crippen MR) is 113 cm³/mol. The highest BCUT2D eigenvalue weighted by molar-refractivity contribution is 7.09. The van der Waals surface area contributed by atoms with E-state index in [-0.39, 0.29) is 12.4 Å². The standard InChI is InChI=1S/C20H29N3OS.ClH/c1-3-4-15-24-19-8-6-5-7-18(19)23-13-11-22(12-14-23)10-9-20-17(2)21-16-25-20;/h5-8,16H,3-4,9-15H2,1-2H3;1H. The lowest BCUT2D eigenvalue weighted by Crippen LogP contribution is -2.47. The number of anilines is 1. The van der Waals surface area contributed by atoms with Gasteiger partial charge in [0.2, 0.25) is 0 Å². The topological polar surface area (TPSA) is 28.6 Å². The number of halogens is 1. The molecule has 1 aromatic carbocycles. The maximum Gasteiger partial charge on any atom is 0.142 e. The highest BCUT2D eigenvalue weighted by Crippen LogP contribution is 2.29. The monoisotopic (exact) mass is 395 g/mol. The van der Waals surface area contributed by atoms with E-state index in [1.807, 2.05) is 5.51 Å². The van der Waals surface area contributed by atoms with Crippen LogP contribution in [-0.4, -0.2) is 49.2 Å². The Bertz CT molecular complexity index is 656. The summed E-state index contributed by atoms with van der Waals surface area (Å²) in [5.74, 6) is 1.03. The van der Waals surface area contributed by atoms with Crippen molar-refractivity contribution in [3.8, 4) is 5.75 Å². The second-order valence-electron chi connectivity index (χ2n) is 6.61. The molecular formula is C20H30ClN3OS. The summed E-state index contributed by atoms with van der Waals surface area (Å²) >= 11 is 1.78. The lowest BCUT2D eigenvalue weighted by molar-refractivity contribution is 0.259. The predicted octanol–water partition coefficient (Wildman–Crippen LogP) is 4.42. The number of hydrogen-bond acceptors (Lipinski definition) is 5. The fourth-order valence-corrected chi connectivity index (χ4v) is 3.98. The van der Waals surface area contributed by atoms with Crippen LogP contribution < -0.4 is 9.64 Å². The number of hydrogen-bond donors (Lipinski definition) is 0. The minimum absolute atomic E-state index is 0. The Balaban J connectivity index is 0.00000243. The van der Waals surface area contributed by atoms with Gasteiger partial charge in [-0.25, -0.2) is 4.98 Å². The molecule has 4 nitrogen and oxygen atoms in total. The number of rotatable bonds is 8. The number of thiazole rings is 1. The van der Waals surface area contributed by atoms with Crippen LogP contribution >= 0.6 is 23.7 Å². The number of aryl methyl sites for hydroxylation is 1. The zero-order valence-corrected chi connectivity index (χ0v) is 17.5. The van der Waals surface area contributed by atoms with E-state index in [1.54, 1.807) is 11.3 Å². The number of para-hydroxylation sites is 2. The smallest absolute Gasteiger partial charge is 0.142 e. The first-order valence-electron chi connectivity index (χ1n) is 9.36. The highest BCUT2D eigenvalue weighted by atomic mass is 35.5. The van der Waals surface area contributed by atoms with Gasteiger partial charge in [0.25, 0.3) is 0 Å². The van der Waals surface area contributed by atoms with E-state index < -0.39 is 0 Å². The first-order chi connectivity index (χ1) is 12.3. The molecule has 2 heterocycles. The summed E-state index contributed by atoms with van der Waals surface area (Å²) in [6, 6.07) is 8.47. The van der Waals surface area contributed by atoms with E-state index in [0.29, 0.717) is 0 Å². The van der Waals surface area contributed by atoms with Crippen LogP contribution in [0.25, 0.3) is 0 Å². The van der Waals surface area contributed by atoms with Gasteiger partial charge < -0.3 is 9.64 Å². The maximum absolute atomic E-state index is 6.01. The van der Waals surface area contributed by atoms with E-state index in [9.17, 15) is 0 Å². The van der Waals surface area contributed by atoms with Crippen LogP contribution in [0, 0.1) is 6.92 Å². The number of nitrogens with zero attached hydrogens (tertiary/aromatic N) is 3. The van der Waals surface area contributed by atoms with E-state index in [1.165, 1.54) is 22.7 Å². The molecule has 6 heteroatoms. The molecule has 0 unspecified atom stereocenters. The van der Waals surface area contributed by atoms with Gasteiger partial charge in [0.1, 0.15) is 5.75 Å². The maximum atomic E-state index is 6.01. The molecule has 0 atom stereocenters. The lowest BCUT2D eigenvalue weighted by atomic mass is 10.2. The average Bonchev–Trinajstić information content (AvgIpc) is 3.06. The van der Waals surface area contributed by atoms with E-state index >= 15 is 0 Å². The zero-order chi connectivity index (χ0) is 17.5. The summed E-state index contributed by atoms with van der Waals surface area (Å²) in [7, 11) is 0. The Hall–Kier alpha value is -1.30. The molecule has 3 rings (SSSR count). The molecule has 0 N–H and O–H groups in total. The summed E-state index contributed by atoms with van der Waals surface area (Å²) in [6.07, 6.45) is 3.40. The molecule has 26 heavy (non-hydrogen) atoms. The van der Waals surface area contributed by atoms with Crippen molar-refractivity contribution in [3.05, 3.63) is 40.3 Å². The molecule has 2 aromatic rings. The fourth-order valence-electron chi connectivity index (χ4n) is 3.21. The molecule has 1 saturated heterocycles. The van der Waals surface area contributed by atoms with Crippen molar-refractivity contribution < 1.29 is 4.74 Å². The van der Waals surface area contributed by atoms with Crippen molar-refractivity contribution in [1.82, 2.24) is 9.88 Å². The third-order valence-corrected chi connectivity index (χ3v) is 5.83. The highest BCUT2D eigenvalue weighted by Gasteiger charge is 2.19. The first kappa shape index (κ1) is 21.0. The second kappa shape index (κ2) is 10.8. The molecule has 144 valence electrons. The van der Waals surface area contributed by atoms with Gasteiger partial charge in [-0.3, -0.25) is 4.90 Å². The van der Waals surface area contributed by atoms with Crippen molar-refractivity contribution in [3.63, 3.8) is 0 Å². The first-order valence-corrected chi connectivity index (χ1v) is 10.2. The molecule has 1 aromatic heterocycles. The van der Waals surface area contributed by atoms with Crippen molar-refractivity contribution >= 4 is 29.4 Å². The van der Waals surface area contributed by atoms with Gasteiger partial charge in [-0.2, -0.15) is 0 Å². The molecule has 0 spiro atoms. The van der Waals surface area contributed by atoms with Gasteiger partial charge in [-0.1, -0.05) is 25.5 Å². The minimum atomic E-state index is 0. The molecule has 1 aliphatic heterocycles. The Labute approximate surface area is 167 Å². The zero-order valence-electron chi connectivity index (χ0n) is 15.8. The van der Waals surface area contributed by atoms with E-state index in [2.05, 4.69) is 52.9 Å². The van der Waals surface area contributed by atoms with Crippen molar-refractivity contribution in [1.29, 1.82) is 0 Å². The van der Waals surface area contributed by atoms with Gasteiger partial charge in [0.15, 0.2) is 0 Å². The number of unbranched alkanes of at least 4 members (excludes halogenated alkanes) is 1. The van der Waals surface area contributed by atoms with Crippen LogP contribution in [0.15, 0.2) is 29.8 Å². The molecule has 0 radical (unpaired) electrons. The number of aromatic nitrogens is 1. The number of benzene rings is 1. The molecule has 1 aliphatic rings. The Morgan fingerprint density at radius 2 is 1.92 bits per heavy atom. The summed E-state index contributed by atoms with van der Waals surface area (Å²) in [6.45, 7) is 10.6. The van der Waals surface area contributed by atoms with E-state index in [0.717, 1.165) is 57.9 Å². The van der Waals surface area contributed by atoms with Crippen molar-refractivity contribution in [2.45, 2.75) is 33.1 Å². The van der Waals surface area contributed by atoms with Crippen LogP contribution in [-0.2, 0) is 6.42 Å². The minimum Gasteiger partial charge on any atom is -0.491 e. The summed E-state index contributed by atoms with van der Waals surface area (Å²) in [5, 5.41) is 0. The third kappa shape index (κ3) is 5.60. The summed E-state index contributed by atoms with van der Waals surface area (Å²) < 4.78 is 6.01. The lowest BCUT2D eigenvalue weighted by Gasteiger charge is -2.36. The van der Waals surface area contributed by atoms with Crippen molar-refractivity contribution in [2.75, 3.05) is 44.2 Å².